The van der Waals surface area contributed by atoms with E-state index in [9.17, 15) is 9.59 Å². The van der Waals surface area contributed by atoms with Crippen LogP contribution in [0.1, 0.15) is 16.8 Å². The quantitative estimate of drug-likeness (QED) is 0.427. The van der Waals surface area contributed by atoms with Gasteiger partial charge >= 0.3 is 5.97 Å². The van der Waals surface area contributed by atoms with Gasteiger partial charge in [0.15, 0.2) is 0 Å². The van der Waals surface area contributed by atoms with Crippen LogP contribution in [-0.4, -0.2) is 23.0 Å². The van der Waals surface area contributed by atoms with Crippen molar-refractivity contribution in [3.05, 3.63) is 27.3 Å². The summed E-state index contributed by atoms with van der Waals surface area (Å²) in [5, 5.41) is 11.2. The number of rotatable bonds is 4. The van der Waals surface area contributed by atoms with E-state index in [0.717, 1.165) is 3.57 Å². The van der Waals surface area contributed by atoms with Crippen LogP contribution < -0.4 is 11.1 Å². The van der Waals surface area contributed by atoms with Crippen molar-refractivity contribution in [3.8, 4) is 12.3 Å². The van der Waals surface area contributed by atoms with Gasteiger partial charge in [0.25, 0.3) is 5.91 Å². The maximum atomic E-state index is 11.8. The molecule has 1 atom stereocenters. The summed E-state index contributed by atoms with van der Waals surface area (Å²) in [4.78, 5) is 22.7. The number of carboxylic acid groups (broad SMARTS) is 1. The molecule has 0 saturated carbocycles. The van der Waals surface area contributed by atoms with Crippen molar-refractivity contribution in [2.45, 2.75) is 12.5 Å². The van der Waals surface area contributed by atoms with Crippen molar-refractivity contribution in [1.82, 2.24) is 5.32 Å². The molecule has 0 aromatic heterocycles. The molecule has 0 radical (unpaired) electrons. The summed E-state index contributed by atoms with van der Waals surface area (Å²) in [5.41, 5.74) is 6.53. The molecule has 1 aromatic rings. The van der Waals surface area contributed by atoms with E-state index < -0.39 is 17.9 Å². The zero-order valence-corrected chi connectivity index (χ0v) is 11.5. The van der Waals surface area contributed by atoms with Gasteiger partial charge in [-0.25, -0.2) is 4.79 Å². The average Bonchev–Trinajstić information content (AvgIpc) is 2.31. The van der Waals surface area contributed by atoms with Crippen molar-refractivity contribution in [2.24, 2.45) is 0 Å². The van der Waals surface area contributed by atoms with E-state index in [1.807, 2.05) is 22.6 Å². The Morgan fingerprint density at radius 1 is 1.56 bits per heavy atom. The number of nitrogens with one attached hydrogen (secondary N) is 1. The second kappa shape index (κ2) is 6.26. The second-order valence-corrected chi connectivity index (χ2v) is 4.67. The number of hydrogen-bond donors (Lipinski definition) is 3. The molecule has 0 heterocycles. The zero-order chi connectivity index (χ0) is 13.7. The summed E-state index contributed by atoms with van der Waals surface area (Å²) in [6.07, 6.45) is 4.98. The highest BCUT2D eigenvalue weighted by Gasteiger charge is 2.19. The summed E-state index contributed by atoms with van der Waals surface area (Å²) in [6.45, 7) is 0. The van der Waals surface area contributed by atoms with E-state index in [2.05, 4.69) is 11.2 Å². The van der Waals surface area contributed by atoms with Gasteiger partial charge in [0, 0.05) is 21.2 Å². The number of anilines is 1. The third-order valence-electron chi connectivity index (χ3n) is 2.19. The summed E-state index contributed by atoms with van der Waals surface area (Å²) in [7, 11) is 0. The SMILES string of the molecule is C#CCC(NC(=O)c1ccc(N)c(I)c1)C(=O)O. The fourth-order valence-corrected chi connectivity index (χ4v) is 1.74. The average molecular weight is 358 g/mol. The number of aliphatic carboxylic acids is 1. The normalized spacial score (nSPS) is 11.3. The maximum Gasteiger partial charge on any atom is 0.327 e. The van der Waals surface area contributed by atoms with E-state index >= 15 is 0 Å². The van der Waals surface area contributed by atoms with Crippen LogP contribution in [0.2, 0.25) is 0 Å². The van der Waals surface area contributed by atoms with Crippen LogP contribution in [0.3, 0.4) is 0 Å². The number of nitrogens with two attached hydrogens (primary N) is 1. The van der Waals surface area contributed by atoms with Gasteiger partial charge in [-0.05, 0) is 40.8 Å². The molecule has 1 amide bonds. The summed E-state index contributed by atoms with van der Waals surface area (Å²) in [6, 6.07) is 3.62. The molecule has 0 bridgehead atoms. The van der Waals surface area contributed by atoms with Crippen molar-refractivity contribution in [1.29, 1.82) is 0 Å². The molecular weight excluding hydrogens is 347 g/mol. The van der Waals surface area contributed by atoms with E-state index in [-0.39, 0.29) is 6.42 Å². The maximum absolute atomic E-state index is 11.8. The first-order chi connectivity index (χ1) is 8.45. The van der Waals surface area contributed by atoms with Gasteiger partial charge in [0.1, 0.15) is 6.04 Å². The Balaban J connectivity index is 2.84. The van der Waals surface area contributed by atoms with Gasteiger partial charge in [-0.15, -0.1) is 12.3 Å². The number of halogens is 1. The van der Waals surface area contributed by atoms with Crippen molar-refractivity contribution in [3.63, 3.8) is 0 Å². The summed E-state index contributed by atoms with van der Waals surface area (Å²) in [5.74, 6) is 0.558. The molecular formula is C12H11IN2O3. The third-order valence-corrected chi connectivity index (χ3v) is 3.12. The fourth-order valence-electron chi connectivity index (χ4n) is 1.23. The number of carboxylic acids is 1. The number of terminal acetylenes is 1. The highest BCUT2D eigenvalue weighted by molar-refractivity contribution is 14.1. The molecule has 1 unspecified atom stereocenters. The van der Waals surface area contributed by atoms with Gasteiger partial charge in [-0.1, -0.05) is 0 Å². The van der Waals surface area contributed by atoms with Crippen LogP contribution in [0.15, 0.2) is 18.2 Å². The number of amides is 1. The van der Waals surface area contributed by atoms with Crippen molar-refractivity contribution < 1.29 is 14.7 Å². The predicted molar refractivity (Wildman–Crippen MR) is 75.9 cm³/mol. The molecule has 94 valence electrons. The first-order valence-corrected chi connectivity index (χ1v) is 6.05. The molecule has 0 aliphatic heterocycles. The lowest BCUT2D eigenvalue weighted by molar-refractivity contribution is -0.139. The van der Waals surface area contributed by atoms with Crippen molar-refractivity contribution in [2.75, 3.05) is 5.73 Å². The second-order valence-electron chi connectivity index (χ2n) is 3.51. The lowest BCUT2D eigenvalue weighted by atomic mass is 10.1. The standard InChI is InChI=1S/C12H11IN2O3/c1-2-3-10(12(17)18)15-11(16)7-4-5-9(14)8(13)6-7/h1,4-6,10H,3,14H2,(H,15,16)(H,17,18). The Labute approximate surface area is 118 Å². The molecule has 1 aromatic carbocycles. The van der Waals surface area contributed by atoms with Crippen LogP contribution in [-0.2, 0) is 4.79 Å². The van der Waals surface area contributed by atoms with Crippen molar-refractivity contribution >= 4 is 40.2 Å². The lowest BCUT2D eigenvalue weighted by Crippen LogP contribution is -2.40. The Hall–Kier alpha value is -1.75. The van der Waals surface area contributed by atoms with Gasteiger partial charge in [-0.2, -0.15) is 0 Å². The largest absolute Gasteiger partial charge is 0.480 e. The van der Waals surface area contributed by atoms with E-state index in [1.165, 1.54) is 6.07 Å². The van der Waals surface area contributed by atoms with Crippen LogP contribution in [0.25, 0.3) is 0 Å². The molecule has 18 heavy (non-hydrogen) atoms. The zero-order valence-electron chi connectivity index (χ0n) is 9.31. The summed E-state index contributed by atoms with van der Waals surface area (Å²) < 4.78 is 0.726. The molecule has 6 heteroatoms. The fraction of sp³-hybridized carbons (Fsp3) is 0.167. The van der Waals surface area contributed by atoms with Gasteiger partial charge < -0.3 is 16.2 Å². The predicted octanol–water partition coefficient (Wildman–Crippen LogP) is 1.08. The number of benzene rings is 1. The number of carbonyl (C=O) groups is 2. The van der Waals surface area contributed by atoms with Crippen LogP contribution in [0.4, 0.5) is 5.69 Å². The van der Waals surface area contributed by atoms with Gasteiger partial charge in [0.05, 0.1) is 0 Å². The Kier molecular flexibility index (Phi) is 4.97. The molecule has 0 spiro atoms. The first-order valence-electron chi connectivity index (χ1n) is 4.98. The molecule has 0 fully saturated rings. The van der Waals surface area contributed by atoms with E-state index in [4.69, 9.17) is 17.3 Å². The molecule has 4 N–H and O–H groups in total. The highest BCUT2D eigenvalue weighted by Crippen LogP contribution is 2.16. The summed E-state index contributed by atoms with van der Waals surface area (Å²) >= 11 is 1.99. The topological polar surface area (TPSA) is 92.4 Å². The minimum atomic E-state index is -1.16. The number of nitrogen functional groups attached to an aromatic ring is 1. The monoisotopic (exact) mass is 358 g/mol. The Morgan fingerprint density at radius 2 is 2.22 bits per heavy atom. The lowest BCUT2D eigenvalue weighted by Gasteiger charge is -2.12. The minimum absolute atomic E-state index is 0.0624. The molecule has 0 aliphatic carbocycles. The molecule has 0 aliphatic rings. The molecule has 1 rings (SSSR count). The number of hydrogen-bond acceptors (Lipinski definition) is 3. The number of carbonyl (C=O) groups excluding carboxylic acids is 1. The third kappa shape index (κ3) is 3.63. The van der Waals surface area contributed by atoms with Gasteiger partial charge in [-0.3, -0.25) is 4.79 Å². The first kappa shape index (κ1) is 14.3. The van der Waals surface area contributed by atoms with Crippen LogP contribution >= 0.6 is 22.6 Å². The van der Waals surface area contributed by atoms with E-state index in [0.29, 0.717) is 11.3 Å². The van der Waals surface area contributed by atoms with Gasteiger partial charge in [0.2, 0.25) is 0 Å². The highest BCUT2D eigenvalue weighted by atomic mass is 127. The Morgan fingerprint density at radius 3 is 2.72 bits per heavy atom. The Bertz CT molecular complexity index is 523. The molecule has 0 saturated heterocycles. The minimum Gasteiger partial charge on any atom is -0.480 e. The van der Waals surface area contributed by atoms with Crippen LogP contribution in [0.5, 0.6) is 0 Å². The van der Waals surface area contributed by atoms with E-state index in [1.54, 1.807) is 12.1 Å². The molecule has 5 nitrogen and oxygen atoms in total. The van der Waals surface area contributed by atoms with Crippen LogP contribution in [0, 0.1) is 15.9 Å². The smallest absolute Gasteiger partial charge is 0.327 e.